The molecule has 1 atom stereocenters. The average molecular weight is 284 g/mol. The molecule has 2 N–H and O–H groups in total. The minimum absolute atomic E-state index is 0.283. The maximum absolute atomic E-state index is 6.05. The zero-order valence-corrected chi connectivity index (χ0v) is 13.0. The van der Waals surface area contributed by atoms with Crippen molar-refractivity contribution in [2.75, 3.05) is 32.5 Å². The number of thioether (sulfide) groups is 1. The van der Waals surface area contributed by atoms with Gasteiger partial charge in [0.1, 0.15) is 0 Å². The summed E-state index contributed by atoms with van der Waals surface area (Å²) >= 11 is 1.98. The van der Waals surface area contributed by atoms with Gasteiger partial charge in [-0.15, -0.1) is 0 Å². The summed E-state index contributed by atoms with van der Waals surface area (Å²) in [6.45, 7) is 4.28. The van der Waals surface area contributed by atoms with E-state index in [1.807, 2.05) is 11.8 Å². The maximum atomic E-state index is 6.05. The van der Waals surface area contributed by atoms with Crippen LogP contribution in [-0.2, 0) is 4.74 Å². The summed E-state index contributed by atoms with van der Waals surface area (Å²) in [5.41, 5.74) is 6.27. The van der Waals surface area contributed by atoms with E-state index >= 15 is 0 Å². The molecular formula is C15H28N2OS. The van der Waals surface area contributed by atoms with E-state index in [9.17, 15) is 0 Å². The smallest absolute Gasteiger partial charge is 0.0697 e. The van der Waals surface area contributed by atoms with Gasteiger partial charge in [-0.3, -0.25) is 0 Å². The second-order valence-corrected chi connectivity index (χ2v) is 7.93. The van der Waals surface area contributed by atoms with Crippen LogP contribution in [0.4, 0.5) is 0 Å². The van der Waals surface area contributed by atoms with Crippen LogP contribution in [0.1, 0.15) is 44.9 Å². The highest BCUT2D eigenvalue weighted by atomic mass is 32.2. The first-order valence-electron chi connectivity index (χ1n) is 7.84. The van der Waals surface area contributed by atoms with Crippen molar-refractivity contribution in [3.05, 3.63) is 0 Å². The second-order valence-electron chi connectivity index (χ2n) is 6.66. The van der Waals surface area contributed by atoms with Crippen molar-refractivity contribution in [3.8, 4) is 0 Å². The van der Waals surface area contributed by atoms with Crippen LogP contribution < -0.4 is 5.73 Å². The van der Waals surface area contributed by atoms with Gasteiger partial charge in [0.25, 0.3) is 0 Å². The number of hydrogen-bond donors (Lipinski definition) is 1. The SMILES string of the molecule is CSC1(CN)CCN(C2CCOC3(CCC3)C2)CC1. The Morgan fingerprint density at radius 1 is 1.26 bits per heavy atom. The molecule has 0 aromatic rings. The van der Waals surface area contributed by atoms with Crippen LogP contribution in [-0.4, -0.2) is 53.8 Å². The molecule has 2 heterocycles. The van der Waals surface area contributed by atoms with E-state index in [-0.39, 0.29) is 5.60 Å². The maximum Gasteiger partial charge on any atom is 0.0697 e. The summed E-state index contributed by atoms with van der Waals surface area (Å²) in [7, 11) is 0. The molecule has 3 rings (SSSR count). The van der Waals surface area contributed by atoms with Crippen LogP contribution in [0.25, 0.3) is 0 Å². The number of hydrogen-bond acceptors (Lipinski definition) is 4. The van der Waals surface area contributed by atoms with Gasteiger partial charge < -0.3 is 15.4 Å². The summed E-state index contributed by atoms with van der Waals surface area (Å²) in [6.07, 6.45) is 11.2. The highest BCUT2D eigenvalue weighted by molar-refractivity contribution is 8.00. The first-order valence-corrected chi connectivity index (χ1v) is 9.07. The summed E-state index contributed by atoms with van der Waals surface area (Å²) in [5.74, 6) is 0. The van der Waals surface area contributed by atoms with Crippen molar-refractivity contribution in [2.24, 2.45) is 5.73 Å². The minimum Gasteiger partial charge on any atom is -0.375 e. The van der Waals surface area contributed by atoms with Crippen LogP contribution in [0, 0.1) is 0 Å². The van der Waals surface area contributed by atoms with E-state index in [4.69, 9.17) is 10.5 Å². The molecule has 0 amide bonds. The molecule has 110 valence electrons. The fourth-order valence-corrected chi connectivity index (χ4v) is 4.78. The highest BCUT2D eigenvalue weighted by Crippen LogP contribution is 2.44. The van der Waals surface area contributed by atoms with Gasteiger partial charge in [0.05, 0.1) is 5.60 Å². The number of rotatable bonds is 3. The van der Waals surface area contributed by atoms with Gasteiger partial charge >= 0.3 is 0 Å². The number of nitrogens with zero attached hydrogens (tertiary/aromatic N) is 1. The van der Waals surface area contributed by atoms with Gasteiger partial charge in [0.15, 0.2) is 0 Å². The van der Waals surface area contributed by atoms with Crippen molar-refractivity contribution in [3.63, 3.8) is 0 Å². The molecule has 4 heteroatoms. The predicted octanol–water partition coefficient (Wildman–Crippen LogP) is 2.24. The zero-order chi connectivity index (χ0) is 13.3. The summed E-state index contributed by atoms with van der Waals surface area (Å²) in [4.78, 5) is 2.73. The van der Waals surface area contributed by atoms with Crippen molar-refractivity contribution >= 4 is 11.8 Å². The zero-order valence-electron chi connectivity index (χ0n) is 12.2. The molecule has 1 saturated carbocycles. The fourth-order valence-electron chi connectivity index (χ4n) is 4.02. The van der Waals surface area contributed by atoms with E-state index in [1.54, 1.807) is 0 Å². The lowest BCUT2D eigenvalue weighted by molar-refractivity contribution is -0.150. The molecular weight excluding hydrogens is 256 g/mol. The van der Waals surface area contributed by atoms with Crippen LogP contribution >= 0.6 is 11.8 Å². The lowest BCUT2D eigenvalue weighted by Gasteiger charge is -2.51. The van der Waals surface area contributed by atoms with Gasteiger partial charge in [-0.25, -0.2) is 0 Å². The highest BCUT2D eigenvalue weighted by Gasteiger charge is 2.45. The third-order valence-electron chi connectivity index (χ3n) is 5.76. The van der Waals surface area contributed by atoms with Crippen molar-refractivity contribution in [2.45, 2.75) is 61.3 Å². The molecule has 3 fully saturated rings. The molecule has 1 spiro atoms. The van der Waals surface area contributed by atoms with Crippen LogP contribution in [0.15, 0.2) is 0 Å². The Bertz CT molecular complexity index is 305. The Balaban J connectivity index is 1.56. The first kappa shape index (κ1) is 14.2. The summed E-state index contributed by atoms with van der Waals surface area (Å²) in [5, 5.41) is 0. The molecule has 19 heavy (non-hydrogen) atoms. The number of nitrogens with two attached hydrogens (primary N) is 1. The van der Waals surface area contributed by atoms with E-state index < -0.39 is 0 Å². The minimum atomic E-state index is 0.283. The van der Waals surface area contributed by atoms with Crippen LogP contribution in [0.3, 0.4) is 0 Å². The Morgan fingerprint density at radius 3 is 2.53 bits per heavy atom. The van der Waals surface area contributed by atoms with Crippen LogP contribution in [0.5, 0.6) is 0 Å². The van der Waals surface area contributed by atoms with E-state index in [1.165, 1.54) is 58.0 Å². The average Bonchev–Trinajstić information content (AvgIpc) is 2.46. The lowest BCUT2D eigenvalue weighted by Crippen LogP contribution is -2.55. The molecule has 0 bridgehead atoms. The van der Waals surface area contributed by atoms with E-state index in [0.29, 0.717) is 4.75 Å². The normalized spacial score (nSPS) is 34.1. The fraction of sp³-hybridized carbons (Fsp3) is 1.00. The monoisotopic (exact) mass is 284 g/mol. The largest absolute Gasteiger partial charge is 0.375 e. The standard InChI is InChI=1S/C15H28N2OS/c1-19-15(12-16)6-8-17(9-7-15)13-3-10-18-14(11-13)4-2-5-14/h13H,2-12,16H2,1H3. The Kier molecular flexibility index (Phi) is 4.14. The molecule has 0 aromatic carbocycles. The molecule has 3 nitrogen and oxygen atoms in total. The lowest BCUT2D eigenvalue weighted by atomic mass is 9.73. The molecule has 0 radical (unpaired) electrons. The summed E-state index contributed by atoms with van der Waals surface area (Å²) < 4.78 is 6.41. The molecule has 1 aliphatic carbocycles. The molecule has 0 aromatic heterocycles. The summed E-state index contributed by atoms with van der Waals surface area (Å²) in [6, 6.07) is 0.770. The van der Waals surface area contributed by atoms with E-state index in [2.05, 4.69) is 11.2 Å². The van der Waals surface area contributed by atoms with Gasteiger partial charge in [-0.1, -0.05) is 0 Å². The quantitative estimate of drug-likeness (QED) is 0.862. The Labute approximate surface area is 121 Å². The second kappa shape index (κ2) is 5.55. The van der Waals surface area contributed by atoms with Gasteiger partial charge in [0.2, 0.25) is 0 Å². The molecule has 3 aliphatic rings. The Hall–Kier alpha value is 0.230. The third kappa shape index (κ3) is 2.69. The first-order chi connectivity index (χ1) is 9.21. The van der Waals surface area contributed by atoms with Gasteiger partial charge in [0, 0.05) is 23.9 Å². The van der Waals surface area contributed by atoms with Gasteiger partial charge in [-0.05, 0) is 64.3 Å². The van der Waals surface area contributed by atoms with Crippen molar-refractivity contribution in [1.82, 2.24) is 4.90 Å². The van der Waals surface area contributed by atoms with Crippen molar-refractivity contribution in [1.29, 1.82) is 0 Å². The van der Waals surface area contributed by atoms with E-state index in [0.717, 1.165) is 19.2 Å². The van der Waals surface area contributed by atoms with Crippen LogP contribution in [0.2, 0.25) is 0 Å². The number of ether oxygens (including phenoxy) is 1. The van der Waals surface area contributed by atoms with Gasteiger partial charge in [-0.2, -0.15) is 11.8 Å². The van der Waals surface area contributed by atoms with Crippen molar-refractivity contribution < 1.29 is 4.74 Å². The molecule has 1 unspecified atom stereocenters. The molecule has 2 aliphatic heterocycles. The number of likely N-dealkylation sites (tertiary alicyclic amines) is 1. The molecule has 2 saturated heterocycles. The topological polar surface area (TPSA) is 38.5 Å². The Morgan fingerprint density at radius 2 is 2.00 bits per heavy atom. The third-order valence-corrected chi connectivity index (χ3v) is 7.20. The predicted molar refractivity (Wildman–Crippen MR) is 81.7 cm³/mol. The number of piperidine rings is 1.